The highest BCUT2D eigenvalue weighted by Gasteiger charge is 2.22. The molecule has 1 atom stereocenters. The molecule has 0 radical (unpaired) electrons. The van der Waals surface area contributed by atoms with Crippen LogP contribution >= 0.6 is 0 Å². The maximum atomic E-state index is 12.6. The Balaban J connectivity index is 2.22. The summed E-state index contributed by atoms with van der Waals surface area (Å²) in [7, 11) is 1.84. The molecule has 0 saturated carbocycles. The molecule has 2 aromatic carbocycles. The van der Waals surface area contributed by atoms with Crippen molar-refractivity contribution in [3.05, 3.63) is 66.2 Å². The van der Waals surface area contributed by atoms with Crippen molar-refractivity contribution in [2.45, 2.75) is 19.3 Å². The van der Waals surface area contributed by atoms with E-state index in [1.54, 1.807) is 4.90 Å². The molecule has 0 N–H and O–H groups in total. The van der Waals surface area contributed by atoms with Gasteiger partial charge in [-0.25, -0.2) is 0 Å². The fraction of sp³-hybridized carbons (Fsp3) is 0.235. The molecule has 2 aromatic rings. The maximum absolute atomic E-state index is 12.6. The van der Waals surface area contributed by atoms with Crippen molar-refractivity contribution < 1.29 is 4.79 Å². The third kappa shape index (κ3) is 3.02. The number of nitrogens with zero attached hydrogens (tertiary/aromatic N) is 1. The summed E-state index contributed by atoms with van der Waals surface area (Å²) in [5.74, 6) is 0.0614. The van der Waals surface area contributed by atoms with E-state index in [0.717, 1.165) is 17.7 Å². The second kappa shape index (κ2) is 6.19. The number of anilines is 1. The summed E-state index contributed by atoms with van der Waals surface area (Å²) in [4.78, 5) is 14.3. The Bertz CT molecular complexity index is 521. The van der Waals surface area contributed by atoms with Crippen LogP contribution in [0.3, 0.4) is 0 Å². The minimum absolute atomic E-state index is 0.0774. The van der Waals surface area contributed by atoms with E-state index in [0.29, 0.717) is 0 Å². The van der Waals surface area contributed by atoms with Crippen molar-refractivity contribution in [1.82, 2.24) is 0 Å². The zero-order valence-corrected chi connectivity index (χ0v) is 11.4. The predicted octanol–water partition coefficient (Wildman–Crippen LogP) is 3.84. The largest absolute Gasteiger partial charge is 0.315 e. The van der Waals surface area contributed by atoms with Crippen LogP contribution in [-0.2, 0) is 4.79 Å². The van der Waals surface area contributed by atoms with Crippen LogP contribution in [0.5, 0.6) is 0 Å². The lowest BCUT2D eigenvalue weighted by molar-refractivity contribution is -0.119. The highest BCUT2D eigenvalue weighted by Crippen LogP contribution is 2.24. The van der Waals surface area contributed by atoms with Gasteiger partial charge in [0, 0.05) is 12.7 Å². The summed E-state index contributed by atoms with van der Waals surface area (Å²) in [5, 5.41) is 0. The molecular weight excluding hydrogens is 234 g/mol. The number of para-hydroxylation sites is 1. The smallest absolute Gasteiger partial charge is 0.234 e. The molecule has 0 spiro atoms. The molecule has 0 saturated heterocycles. The van der Waals surface area contributed by atoms with Crippen molar-refractivity contribution in [3.8, 4) is 0 Å². The first-order chi connectivity index (χ1) is 9.24. The lowest BCUT2D eigenvalue weighted by Crippen LogP contribution is -2.31. The zero-order chi connectivity index (χ0) is 13.7. The molecule has 2 heteroatoms. The molecule has 19 heavy (non-hydrogen) atoms. The average Bonchev–Trinajstić information content (AvgIpc) is 2.49. The number of carbonyl (C=O) groups is 1. The van der Waals surface area contributed by atoms with Gasteiger partial charge in [-0.3, -0.25) is 4.79 Å². The first kappa shape index (κ1) is 13.3. The molecule has 0 unspecified atom stereocenters. The predicted molar refractivity (Wildman–Crippen MR) is 79.3 cm³/mol. The summed E-state index contributed by atoms with van der Waals surface area (Å²) < 4.78 is 0. The minimum Gasteiger partial charge on any atom is -0.315 e. The number of hydrogen-bond donors (Lipinski definition) is 0. The summed E-state index contributed by atoms with van der Waals surface area (Å²) >= 11 is 0. The van der Waals surface area contributed by atoms with Crippen LogP contribution in [0, 0.1) is 0 Å². The number of likely N-dealkylation sites (N-methyl/N-ethyl adjacent to an activating group) is 1. The van der Waals surface area contributed by atoms with Crippen LogP contribution in [0.1, 0.15) is 24.8 Å². The van der Waals surface area contributed by atoms with E-state index in [2.05, 4.69) is 6.92 Å². The topological polar surface area (TPSA) is 20.3 Å². The number of carbonyl (C=O) groups excluding carboxylic acids is 1. The van der Waals surface area contributed by atoms with Crippen LogP contribution in [-0.4, -0.2) is 13.0 Å². The van der Waals surface area contributed by atoms with Gasteiger partial charge in [0.2, 0.25) is 5.91 Å². The molecule has 0 fully saturated rings. The fourth-order valence-electron chi connectivity index (χ4n) is 2.25. The van der Waals surface area contributed by atoms with E-state index in [1.807, 2.05) is 67.7 Å². The van der Waals surface area contributed by atoms with Crippen molar-refractivity contribution in [2.75, 3.05) is 11.9 Å². The second-order valence-electron chi connectivity index (χ2n) is 4.60. The van der Waals surface area contributed by atoms with E-state index in [-0.39, 0.29) is 11.8 Å². The van der Waals surface area contributed by atoms with Gasteiger partial charge in [-0.2, -0.15) is 0 Å². The van der Waals surface area contributed by atoms with E-state index < -0.39 is 0 Å². The van der Waals surface area contributed by atoms with Gasteiger partial charge in [0.25, 0.3) is 0 Å². The zero-order valence-electron chi connectivity index (χ0n) is 11.4. The Morgan fingerprint density at radius 2 is 1.53 bits per heavy atom. The molecule has 0 bridgehead atoms. The van der Waals surface area contributed by atoms with Gasteiger partial charge in [-0.05, 0) is 24.1 Å². The van der Waals surface area contributed by atoms with Gasteiger partial charge >= 0.3 is 0 Å². The molecule has 0 aliphatic rings. The van der Waals surface area contributed by atoms with Crippen LogP contribution in [0.4, 0.5) is 5.69 Å². The summed E-state index contributed by atoms with van der Waals surface area (Å²) in [6.07, 6.45) is 0.806. The number of rotatable bonds is 4. The first-order valence-electron chi connectivity index (χ1n) is 6.61. The normalized spacial score (nSPS) is 11.9. The van der Waals surface area contributed by atoms with Gasteiger partial charge in [-0.1, -0.05) is 55.5 Å². The highest BCUT2D eigenvalue weighted by atomic mass is 16.2. The fourth-order valence-corrected chi connectivity index (χ4v) is 2.25. The van der Waals surface area contributed by atoms with Gasteiger partial charge in [0.05, 0.1) is 5.92 Å². The van der Waals surface area contributed by atoms with E-state index in [9.17, 15) is 4.79 Å². The van der Waals surface area contributed by atoms with Crippen LogP contribution in [0.2, 0.25) is 0 Å². The lowest BCUT2D eigenvalue weighted by atomic mass is 9.95. The standard InChI is InChI=1S/C17H19NO/c1-3-16(14-10-6-4-7-11-14)17(19)18(2)15-12-8-5-9-13-15/h4-13,16H,3H2,1-2H3/t16-/m0/s1. The van der Waals surface area contributed by atoms with Crippen molar-refractivity contribution in [3.63, 3.8) is 0 Å². The van der Waals surface area contributed by atoms with Crippen molar-refractivity contribution >= 4 is 11.6 Å². The number of amides is 1. The Hall–Kier alpha value is -2.09. The third-order valence-corrected chi connectivity index (χ3v) is 3.38. The molecule has 0 heterocycles. The number of hydrogen-bond acceptors (Lipinski definition) is 1. The molecule has 2 rings (SSSR count). The quantitative estimate of drug-likeness (QED) is 0.810. The second-order valence-corrected chi connectivity index (χ2v) is 4.60. The van der Waals surface area contributed by atoms with Gasteiger partial charge in [0.15, 0.2) is 0 Å². The Morgan fingerprint density at radius 1 is 1.00 bits per heavy atom. The van der Waals surface area contributed by atoms with Crippen LogP contribution in [0.25, 0.3) is 0 Å². The van der Waals surface area contributed by atoms with Gasteiger partial charge in [0.1, 0.15) is 0 Å². The minimum atomic E-state index is -0.0774. The molecule has 0 aromatic heterocycles. The van der Waals surface area contributed by atoms with Crippen molar-refractivity contribution in [2.24, 2.45) is 0 Å². The Labute approximate surface area is 114 Å². The summed E-state index contributed by atoms with van der Waals surface area (Å²) in [5.41, 5.74) is 2.01. The third-order valence-electron chi connectivity index (χ3n) is 3.38. The Kier molecular flexibility index (Phi) is 4.35. The maximum Gasteiger partial charge on any atom is 0.234 e. The summed E-state index contributed by atoms with van der Waals surface area (Å²) in [6, 6.07) is 19.7. The molecule has 1 amide bonds. The average molecular weight is 253 g/mol. The molecule has 0 aliphatic heterocycles. The van der Waals surface area contributed by atoms with E-state index in [4.69, 9.17) is 0 Å². The van der Waals surface area contributed by atoms with Gasteiger partial charge in [-0.15, -0.1) is 0 Å². The van der Waals surface area contributed by atoms with E-state index >= 15 is 0 Å². The lowest BCUT2D eigenvalue weighted by Gasteiger charge is -2.23. The molecule has 0 aliphatic carbocycles. The SMILES string of the molecule is CC[C@H](C(=O)N(C)c1ccccc1)c1ccccc1. The molecule has 2 nitrogen and oxygen atoms in total. The van der Waals surface area contributed by atoms with Crippen molar-refractivity contribution in [1.29, 1.82) is 0 Å². The van der Waals surface area contributed by atoms with Crippen LogP contribution in [0.15, 0.2) is 60.7 Å². The highest BCUT2D eigenvalue weighted by molar-refractivity contribution is 5.97. The molecular formula is C17H19NO. The Morgan fingerprint density at radius 3 is 2.05 bits per heavy atom. The molecule has 98 valence electrons. The monoisotopic (exact) mass is 253 g/mol. The summed E-state index contributed by atoms with van der Waals surface area (Å²) in [6.45, 7) is 2.05. The number of benzene rings is 2. The van der Waals surface area contributed by atoms with E-state index in [1.165, 1.54) is 0 Å². The van der Waals surface area contributed by atoms with Gasteiger partial charge < -0.3 is 4.90 Å². The first-order valence-corrected chi connectivity index (χ1v) is 6.61. The van der Waals surface area contributed by atoms with Crippen LogP contribution < -0.4 is 4.90 Å².